The Kier molecular flexibility index (Phi) is 6.55. The molecule has 3 amide bonds. The molecule has 1 fully saturated rings. The topological polar surface area (TPSA) is 78.5 Å². The lowest BCUT2D eigenvalue weighted by molar-refractivity contribution is -0.129. The zero-order chi connectivity index (χ0) is 21.7. The largest absolute Gasteiger partial charge is 0.345 e. The molecule has 1 saturated carbocycles. The Morgan fingerprint density at radius 3 is 2.17 bits per heavy atom. The summed E-state index contributed by atoms with van der Waals surface area (Å²) in [4.78, 5) is 40.4. The number of aryl methyl sites for hydroxylation is 1. The highest BCUT2D eigenvalue weighted by Gasteiger charge is 2.50. The summed E-state index contributed by atoms with van der Waals surface area (Å²) >= 11 is 0. The van der Waals surface area contributed by atoms with E-state index in [9.17, 15) is 14.4 Å². The summed E-state index contributed by atoms with van der Waals surface area (Å²) in [5, 5.41) is 5.73. The Morgan fingerprint density at radius 1 is 0.967 bits per heavy atom. The normalized spacial score (nSPS) is 15.8. The average Bonchev–Trinajstić information content (AvgIpc) is 3.21. The van der Waals surface area contributed by atoms with Gasteiger partial charge in [-0.2, -0.15) is 0 Å². The van der Waals surface area contributed by atoms with Gasteiger partial charge in [-0.3, -0.25) is 19.3 Å². The maximum Gasteiger partial charge on any atom is 0.250 e. The highest BCUT2D eigenvalue weighted by molar-refractivity contribution is 6.10. The summed E-state index contributed by atoms with van der Waals surface area (Å²) in [5.41, 5.74) is 1.35. The number of hydrogen-bond acceptors (Lipinski definition) is 3. The SMILES string of the molecule is CC(=O)N[C@@H](C)C(=O)N(c1ccccc1)C1(C(=O)Nc2ccccc2C)CCCC1. The van der Waals surface area contributed by atoms with Crippen LogP contribution >= 0.6 is 0 Å². The quantitative estimate of drug-likeness (QED) is 0.764. The second-order valence-electron chi connectivity index (χ2n) is 7.94. The predicted molar refractivity (Wildman–Crippen MR) is 118 cm³/mol. The second-order valence-corrected chi connectivity index (χ2v) is 7.94. The van der Waals surface area contributed by atoms with Crippen LogP contribution in [0.5, 0.6) is 0 Å². The minimum Gasteiger partial charge on any atom is -0.345 e. The average molecular weight is 408 g/mol. The lowest BCUT2D eigenvalue weighted by Crippen LogP contribution is -2.61. The molecule has 1 atom stereocenters. The van der Waals surface area contributed by atoms with Gasteiger partial charge in [0.1, 0.15) is 11.6 Å². The number of para-hydroxylation sites is 2. The fourth-order valence-electron chi connectivity index (χ4n) is 4.19. The summed E-state index contributed by atoms with van der Waals surface area (Å²) in [5.74, 6) is -0.770. The van der Waals surface area contributed by atoms with Crippen LogP contribution in [0.2, 0.25) is 0 Å². The van der Waals surface area contributed by atoms with Crippen LogP contribution in [0, 0.1) is 6.92 Å². The van der Waals surface area contributed by atoms with E-state index in [1.807, 2.05) is 61.5 Å². The first-order chi connectivity index (χ1) is 14.3. The first-order valence-corrected chi connectivity index (χ1v) is 10.4. The molecular formula is C24H29N3O3. The van der Waals surface area contributed by atoms with E-state index < -0.39 is 11.6 Å². The lowest BCUT2D eigenvalue weighted by Gasteiger charge is -2.41. The molecule has 0 heterocycles. The lowest BCUT2D eigenvalue weighted by atomic mass is 9.91. The minimum atomic E-state index is -1.01. The number of carbonyl (C=O) groups is 3. The predicted octanol–water partition coefficient (Wildman–Crippen LogP) is 3.80. The van der Waals surface area contributed by atoms with Crippen molar-refractivity contribution in [2.24, 2.45) is 0 Å². The number of carbonyl (C=O) groups excluding carboxylic acids is 3. The van der Waals surface area contributed by atoms with Crippen LogP contribution < -0.4 is 15.5 Å². The van der Waals surface area contributed by atoms with E-state index in [0.717, 1.165) is 24.1 Å². The summed E-state index contributed by atoms with van der Waals surface area (Å²) in [6.45, 7) is 4.98. The van der Waals surface area contributed by atoms with Gasteiger partial charge in [0.05, 0.1) is 0 Å². The monoisotopic (exact) mass is 407 g/mol. The van der Waals surface area contributed by atoms with E-state index in [-0.39, 0.29) is 17.7 Å². The molecule has 6 heteroatoms. The summed E-state index contributed by atoms with van der Waals surface area (Å²) in [7, 11) is 0. The third kappa shape index (κ3) is 4.37. The number of benzene rings is 2. The second kappa shape index (κ2) is 9.11. The molecule has 2 aromatic carbocycles. The number of hydrogen-bond donors (Lipinski definition) is 2. The Hall–Kier alpha value is -3.15. The van der Waals surface area contributed by atoms with Gasteiger partial charge in [0.25, 0.3) is 5.91 Å². The molecule has 1 aliphatic carbocycles. The molecule has 0 saturated heterocycles. The van der Waals surface area contributed by atoms with Crippen molar-refractivity contribution in [1.29, 1.82) is 0 Å². The van der Waals surface area contributed by atoms with Crippen LogP contribution in [0.3, 0.4) is 0 Å². The number of rotatable bonds is 6. The van der Waals surface area contributed by atoms with Crippen molar-refractivity contribution < 1.29 is 14.4 Å². The van der Waals surface area contributed by atoms with Crippen molar-refractivity contribution >= 4 is 29.1 Å². The zero-order valence-corrected chi connectivity index (χ0v) is 17.8. The molecule has 0 unspecified atom stereocenters. The number of nitrogens with one attached hydrogen (secondary N) is 2. The summed E-state index contributed by atoms with van der Waals surface area (Å²) in [6, 6.07) is 16.1. The van der Waals surface area contributed by atoms with Crippen LogP contribution in [0.15, 0.2) is 54.6 Å². The Labute approximate surface area is 177 Å². The highest BCUT2D eigenvalue weighted by atomic mass is 16.2. The van der Waals surface area contributed by atoms with Gasteiger partial charge < -0.3 is 10.6 Å². The highest BCUT2D eigenvalue weighted by Crippen LogP contribution is 2.40. The number of nitrogens with zero attached hydrogens (tertiary/aromatic N) is 1. The zero-order valence-electron chi connectivity index (χ0n) is 17.8. The molecule has 0 spiro atoms. The van der Waals surface area contributed by atoms with Gasteiger partial charge in [0.2, 0.25) is 11.8 Å². The van der Waals surface area contributed by atoms with E-state index in [0.29, 0.717) is 18.5 Å². The molecule has 30 heavy (non-hydrogen) atoms. The van der Waals surface area contributed by atoms with Gasteiger partial charge in [0, 0.05) is 18.3 Å². The van der Waals surface area contributed by atoms with Crippen molar-refractivity contribution in [2.75, 3.05) is 10.2 Å². The van der Waals surface area contributed by atoms with Gasteiger partial charge in [-0.15, -0.1) is 0 Å². The fourth-order valence-corrected chi connectivity index (χ4v) is 4.19. The Balaban J connectivity index is 2.03. The summed E-state index contributed by atoms with van der Waals surface area (Å²) < 4.78 is 0. The van der Waals surface area contributed by atoms with Crippen LogP contribution in [-0.4, -0.2) is 29.3 Å². The third-order valence-electron chi connectivity index (χ3n) is 5.70. The molecule has 0 aromatic heterocycles. The van der Waals surface area contributed by atoms with E-state index >= 15 is 0 Å². The molecule has 0 radical (unpaired) electrons. The first kappa shape index (κ1) is 21.6. The summed E-state index contributed by atoms with van der Waals surface area (Å²) in [6.07, 6.45) is 2.84. The molecule has 1 aliphatic rings. The van der Waals surface area contributed by atoms with E-state index in [2.05, 4.69) is 10.6 Å². The van der Waals surface area contributed by atoms with Gasteiger partial charge >= 0.3 is 0 Å². The molecule has 3 rings (SSSR count). The van der Waals surface area contributed by atoms with Gasteiger partial charge in [0.15, 0.2) is 0 Å². The molecule has 6 nitrogen and oxygen atoms in total. The molecule has 158 valence electrons. The Morgan fingerprint density at radius 2 is 1.57 bits per heavy atom. The molecule has 2 N–H and O–H groups in total. The van der Waals surface area contributed by atoms with Crippen molar-refractivity contribution in [3.63, 3.8) is 0 Å². The minimum absolute atomic E-state index is 0.193. The van der Waals surface area contributed by atoms with E-state index in [1.54, 1.807) is 11.8 Å². The van der Waals surface area contributed by atoms with Gasteiger partial charge in [-0.25, -0.2) is 0 Å². The van der Waals surface area contributed by atoms with Crippen LogP contribution in [0.4, 0.5) is 11.4 Å². The van der Waals surface area contributed by atoms with Gasteiger partial charge in [-0.1, -0.05) is 49.2 Å². The standard InChI is InChI=1S/C24H29N3O3/c1-17-11-7-8-14-21(17)26-23(30)24(15-9-10-16-24)27(20-12-5-4-6-13-20)22(29)18(2)25-19(3)28/h4-8,11-14,18H,9-10,15-16H2,1-3H3,(H,25,28)(H,26,30)/t18-/m0/s1. The van der Waals surface area contributed by atoms with Crippen LogP contribution in [-0.2, 0) is 14.4 Å². The maximum atomic E-state index is 13.7. The first-order valence-electron chi connectivity index (χ1n) is 10.4. The molecule has 0 bridgehead atoms. The van der Waals surface area contributed by atoms with Crippen molar-refractivity contribution in [1.82, 2.24) is 5.32 Å². The van der Waals surface area contributed by atoms with Gasteiger partial charge in [-0.05, 0) is 50.5 Å². The molecular weight excluding hydrogens is 378 g/mol. The fraction of sp³-hybridized carbons (Fsp3) is 0.375. The van der Waals surface area contributed by atoms with Crippen LogP contribution in [0.1, 0.15) is 45.1 Å². The maximum absolute atomic E-state index is 13.7. The van der Waals surface area contributed by atoms with Crippen molar-refractivity contribution in [3.05, 3.63) is 60.2 Å². The Bertz CT molecular complexity index is 920. The number of amides is 3. The smallest absolute Gasteiger partial charge is 0.250 e. The third-order valence-corrected chi connectivity index (χ3v) is 5.70. The van der Waals surface area contributed by atoms with E-state index in [1.165, 1.54) is 6.92 Å². The van der Waals surface area contributed by atoms with Crippen molar-refractivity contribution in [2.45, 2.75) is 58.0 Å². The number of anilines is 2. The van der Waals surface area contributed by atoms with Crippen LogP contribution in [0.25, 0.3) is 0 Å². The van der Waals surface area contributed by atoms with Crippen molar-refractivity contribution in [3.8, 4) is 0 Å². The molecule has 0 aliphatic heterocycles. The van der Waals surface area contributed by atoms with E-state index in [4.69, 9.17) is 0 Å². The molecule has 2 aromatic rings.